The molecule has 0 aromatic heterocycles. The third kappa shape index (κ3) is 1.65. The van der Waals surface area contributed by atoms with Gasteiger partial charge in [0.1, 0.15) is 5.54 Å². The Morgan fingerprint density at radius 1 is 1.46 bits per heavy atom. The van der Waals surface area contributed by atoms with Gasteiger partial charge in [-0.1, -0.05) is 12.1 Å². The summed E-state index contributed by atoms with van der Waals surface area (Å²) in [5, 5.41) is 12.1. The van der Waals surface area contributed by atoms with Crippen molar-refractivity contribution in [2.75, 3.05) is 5.32 Å². The van der Waals surface area contributed by atoms with Crippen molar-refractivity contribution in [3.63, 3.8) is 0 Å². The van der Waals surface area contributed by atoms with Crippen LogP contribution in [0.25, 0.3) is 0 Å². The zero-order valence-electron chi connectivity index (χ0n) is 7.67. The van der Waals surface area contributed by atoms with E-state index in [2.05, 4.69) is 30.4 Å². The molecule has 0 heterocycles. The van der Waals surface area contributed by atoms with Gasteiger partial charge in [-0.15, -0.1) is 0 Å². The summed E-state index contributed by atoms with van der Waals surface area (Å²) >= 11 is 0. The van der Waals surface area contributed by atoms with Crippen LogP contribution >= 0.6 is 0 Å². The van der Waals surface area contributed by atoms with Crippen LogP contribution in [0.4, 0.5) is 5.69 Å². The molecule has 1 aliphatic rings. The van der Waals surface area contributed by atoms with Gasteiger partial charge in [0.05, 0.1) is 6.07 Å². The van der Waals surface area contributed by atoms with Crippen molar-refractivity contribution in [2.45, 2.75) is 25.3 Å². The first kappa shape index (κ1) is 8.12. The van der Waals surface area contributed by atoms with Crippen molar-refractivity contribution in [1.82, 2.24) is 0 Å². The summed E-state index contributed by atoms with van der Waals surface area (Å²) in [5.74, 6) is 0. The lowest BCUT2D eigenvalue weighted by Gasteiger charge is -2.10. The van der Waals surface area contributed by atoms with Crippen LogP contribution in [-0.4, -0.2) is 5.54 Å². The van der Waals surface area contributed by atoms with Gasteiger partial charge < -0.3 is 5.32 Å². The van der Waals surface area contributed by atoms with Gasteiger partial charge in [0.15, 0.2) is 0 Å². The smallest absolute Gasteiger partial charge is 0.125 e. The largest absolute Gasteiger partial charge is 0.367 e. The second-order valence-electron chi connectivity index (χ2n) is 3.69. The predicted molar refractivity (Wildman–Crippen MR) is 52.4 cm³/mol. The summed E-state index contributed by atoms with van der Waals surface area (Å²) in [5.41, 5.74) is 2.02. The minimum atomic E-state index is -0.256. The van der Waals surface area contributed by atoms with E-state index in [1.807, 2.05) is 12.1 Å². The summed E-state index contributed by atoms with van der Waals surface area (Å²) in [4.78, 5) is 0. The second-order valence-corrected chi connectivity index (χ2v) is 3.69. The molecule has 0 amide bonds. The summed E-state index contributed by atoms with van der Waals surface area (Å²) in [6, 6.07) is 10.4. The monoisotopic (exact) mass is 172 g/mol. The van der Waals surface area contributed by atoms with Crippen LogP contribution in [0, 0.1) is 18.3 Å². The highest BCUT2D eigenvalue weighted by atomic mass is 15.0. The maximum Gasteiger partial charge on any atom is 0.125 e. The molecular formula is C11H12N2. The Balaban J connectivity index is 2.15. The molecule has 2 nitrogen and oxygen atoms in total. The summed E-state index contributed by atoms with van der Waals surface area (Å²) < 4.78 is 0. The third-order valence-corrected chi connectivity index (χ3v) is 2.37. The molecule has 1 aromatic rings. The van der Waals surface area contributed by atoms with Crippen molar-refractivity contribution in [1.29, 1.82) is 5.26 Å². The molecule has 0 spiro atoms. The first-order valence-electron chi connectivity index (χ1n) is 4.50. The number of nitrogens with zero attached hydrogens (tertiary/aromatic N) is 1. The number of hydrogen-bond acceptors (Lipinski definition) is 2. The van der Waals surface area contributed by atoms with Crippen molar-refractivity contribution in [2.24, 2.45) is 0 Å². The second kappa shape index (κ2) is 2.77. The standard InChI is InChI=1S/C11H12N2/c1-9-3-2-4-10(7-9)13-11(8-12)5-6-11/h2-4,7,13H,5-6H2,1H3. The van der Waals surface area contributed by atoms with E-state index in [9.17, 15) is 0 Å². The molecule has 0 radical (unpaired) electrons. The Hall–Kier alpha value is -1.49. The minimum Gasteiger partial charge on any atom is -0.367 e. The Kier molecular flexibility index (Phi) is 1.73. The first-order chi connectivity index (χ1) is 6.24. The molecule has 66 valence electrons. The van der Waals surface area contributed by atoms with Gasteiger partial charge >= 0.3 is 0 Å². The minimum absolute atomic E-state index is 0.256. The molecule has 1 fully saturated rings. The van der Waals surface area contributed by atoms with E-state index >= 15 is 0 Å². The number of hydrogen-bond donors (Lipinski definition) is 1. The number of aryl methyl sites for hydroxylation is 1. The third-order valence-electron chi connectivity index (χ3n) is 2.37. The quantitative estimate of drug-likeness (QED) is 0.743. The van der Waals surface area contributed by atoms with Crippen molar-refractivity contribution >= 4 is 5.69 Å². The van der Waals surface area contributed by atoms with Gasteiger partial charge in [-0.2, -0.15) is 5.26 Å². The van der Waals surface area contributed by atoms with Gasteiger partial charge in [-0.3, -0.25) is 0 Å². The molecule has 1 saturated carbocycles. The van der Waals surface area contributed by atoms with Crippen LogP contribution in [0.15, 0.2) is 24.3 Å². The van der Waals surface area contributed by atoms with Gasteiger partial charge in [-0.05, 0) is 37.5 Å². The molecule has 1 aliphatic carbocycles. The zero-order chi connectivity index (χ0) is 9.31. The number of benzene rings is 1. The van der Waals surface area contributed by atoms with Crippen LogP contribution in [0.3, 0.4) is 0 Å². The Morgan fingerprint density at radius 2 is 2.23 bits per heavy atom. The maximum absolute atomic E-state index is 8.87. The molecule has 0 aliphatic heterocycles. The molecule has 0 saturated heterocycles. The highest BCUT2D eigenvalue weighted by Gasteiger charge is 2.43. The van der Waals surface area contributed by atoms with Crippen LogP contribution in [0.1, 0.15) is 18.4 Å². The molecule has 0 atom stereocenters. The van der Waals surface area contributed by atoms with Crippen LogP contribution in [0.2, 0.25) is 0 Å². The van der Waals surface area contributed by atoms with Crippen LogP contribution in [0.5, 0.6) is 0 Å². The fourth-order valence-corrected chi connectivity index (χ4v) is 1.39. The van der Waals surface area contributed by atoms with Crippen LogP contribution in [-0.2, 0) is 0 Å². The SMILES string of the molecule is Cc1cccc(NC2(C#N)CC2)c1. The fraction of sp³-hybridized carbons (Fsp3) is 0.364. The molecule has 0 unspecified atom stereocenters. The lowest BCUT2D eigenvalue weighted by molar-refractivity contribution is 0.946. The first-order valence-corrected chi connectivity index (χ1v) is 4.50. The van der Waals surface area contributed by atoms with E-state index < -0.39 is 0 Å². The average Bonchev–Trinajstić information content (AvgIpc) is 2.86. The number of nitriles is 1. The molecule has 1 aromatic carbocycles. The van der Waals surface area contributed by atoms with Gasteiger partial charge in [0.2, 0.25) is 0 Å². The molecule has 0 bridgehead atoms. The summed E-state index contributed by atoms with van der Waals surface area (Å²) in [6.45, 7) is 2.05. The fourth-order valence-electron chi connectivity index (χ4n) is 1.39. The van der Waals surface area contributed by atoms with Gasteiger partial charge in [-0.25, -0.2) is 0 Å². The maximum atomic E-state index is 8.87. The summed E-state index contributed by atoms with van der Waals surface area (Å²) in [7, 11) is 0. The molecule has 2 heteroatoms. The lowest BCUT2D eigenvalue weighted by Crippen LogP contribution is -2.18. The highest BCUT2D eigenvalue weighted by Crippen LogP contribution is 2.38. The number of nitrogens with one attached hydrogen (secondary N) is 1. The van der Waals surface area contributed by atoms with Crippen molar-refractivity contribution in [3.8, 4) is 6.07 Å². The highest BCUT2D eigenvalue weighted by molar-refractivity contribution is 5.51. The number of rotatable bonds is 2. The Morgan fingerprint density at radius 3 is 2.77 bits per heavy atom. The average molecular weight is 172 g/mol. The molecular weight excluding hydrogens is 160 g/mol. The van der Waals surface area contributed by atoms with E-state index in [1.165, 1.54) is 5.56 Å². The van der Waals surface area contributed by atoms with E-state index in [0.717, 1.165) is 18.5 Å². The van der Waals surface area contributed by atoms with Crippen molar-refractivity contribution in [3.05, 3.63) is 29.8 Å². The number of anilines is 1. The van der Waals surface area contributed by atoms with E-state index in [4.69, 9.17) is 5.26 Å². The lowest BCUT2D eigenvalue weighted by atomic mass is 10.2. The van der Waals surface area contributed by atoms with E-state index in [0.29, 0.717) is 0 Å². The van der Waals surface area contributed by atoms with Gasteiger partial charge in [0.25, 0.3) is 0 Å². The zero-order valence-corrected chi connectivity index (χ0v) is 7.67. The van der Waals surface area contributed by atoms with E-state index in [-0.39, 0.29) is 5.54 Å². The van der Waals surface area contributed by atoms with Crippen molar-refractivity contribution < 1.29 is 0 Å². The topological polar surface area (TPSA) is 35.8 Å². The van der Waals surface area contributed by atoms with E-state index in [1.54, 1.807) is 0 Å². The Labute approximate surface area is 78.2 Å². The predicted octanol–water partition coefficient (Wildman–Crippen LogP) is 2.46. The molecule has 1 N–H and O–H groups in total. The van der Waals surface area contributed by atoms with Crippen LogP contribution < -0.4 is 5.32 Å². The Bertz CT molecular complexity index is 359. The normalized spacial score (nSPS) is 17.5. The molecule has 13 heavy (non-hydrogen) atoms. The van der Waals surface area contributed by atoms with Gasteiger partial charge in [0, 0.05) is 5.69 Å². The summed E-state index contributed by atoms with van der Waals surface area (Å²) in [6.07, 6.45) is 1.94. The molecule has 2 rings (SSSR count).